The Labute approximate surface area is 142 Å². The number of aromatic nitrogens is 1. The van der Waals surface area contributed by atoms with E-state index in [0.717, 1.165) is 5.69 Å². The zero-order valence-electron chi connectivity index (χ0n) is 13.0. The number of amides is 2. The first-order valence-corrected chi connectivity index (χ1v) is 7.59. The molecule has 2 aromatic carbocycles. The van der Waals surface area contributed by atoms with Crippen molar-refractivity contribution in [2.75, 3.05) is 0 Å². The Morgan fingerprint density at radius 2 is 1.32 bits per heavy atom. The van der Waals surface area contributed by atoms with Crippen LogP contribution >= 0.6 is 0 Å². The summed E-state index contributed by atoms with van der Waals surface area (Å²) in [6.07, 6.45) is 3.76. The van der Waals surface area contributed by atoms with E-state index in [1.165, 1.54) is 12.1 Å². The van der Waals surface area contributed by atoms with E-state index in [1.54, 1.807) is 36.4 Å². The van der Waals surface area contributed by atoms with Gasteiger partial charge in [-0.2, -0.15) is 0 Å². The number of imide groups is 1. The Balaban J connectivity index is 1.53. The minimum Gasteiger partial charge on any atom is -0.324 e. The molecule has 25 heavy (non-hydrogen) atoms. The number of carbonyl (C=O) groups excluding carboxylic acids is 3. The molecule has 0 bridgehead atoms. The lowest BCUT2D eigenvalue weighted by Crippen LogP contribution is -2.32. The third-order valence-electron chi connectivity index (χ3n) is 3.94. The summed E-state index contributed by atoms with van der Waals surface area (Å²) in [5.74, 6) is -2.05. The third-order valence-corrected chi connectivity index (χ3v) is 3.94. The van der Waals surface area contributed by atoms with Gasteiger partial charge < -0.3 is 9.40 Å². The molecule has 1 aliphatic heterocycles. The minimum absolute atomic E-state index is 0.225. The molecule has 3 aromatic rings. The number of hydroxylamine groups is 2. The van der Waals surface area contributed by atoms with Crippen LogP contribution in [0.15, 0.2) is 73.1 Å². The van der Waals surface area contributed by atoms with E-state index in [1.807, 2.05) is 29.1 Å². The molecular weight excluding hydrogens is 320 g/mol. The van der Waals surface area contributed by atoms with Gasteiger partial charge >= 0.3 is 5.97 Å². The highest BCUT2D eigenvalue weighted by molar-refractivity contribution is 6.21. The molecular formula is C19H12N2O4. The van der Waals surface area contributed by atoms with Crippen LogP contribution in [0.2, 0.25) is 0 Å². The van der Waals surface area contributed by atoms with Gasteiger partial charge in [-0.1, -0.05) is 17.2 Å². The van der Waals surface area contributed by atoms with Crippen molar-refractivity contribution in [1.29, 1.82) is 0 Å². The molecule has 2 amide bonds. The molecule has 0 radical (unpaired) electrons. The predicted octanol–water partition coefficient (Wildman–Crippen LogP) is 2.85. The van der Waals surface area contributed by atoms with E-state index in [4.69, 9.17) is 4.84 Å². The van der Waals surface area contributed by atoms with Gasteiger partial charge in [-0.3, -0.25) is 9.59 Å². The summed E-state index contributed by atoms with van der Waals surface area (Å²) in [5.41, 5.74) is 1.57. The molecule has 6 heteroatoms. The summed E-state index contributed by atoms with van der Waals surface area (Å²) in [6, 6.07) is 16.8. The number of nitrogens with zero attached hydrogens (tertiary/aromatic N) is 2. The molecule has 122 valence electrons. The molecule has 0 N–H and O–H groups in total. The van der Waals surface area contributed by atoms with Crippen LogP contribution in [0.5, 0.6) is 0 Å². The molecule has 2 heterocycles. The molecule has 0 fully saturated rings. The third kappa shape index (κ3) is 2.49. The number of carbonyl (C=O) groups is 3. The van der Waals surface area contributed by atoms with E-state index in [2.05, 4.69) is 0 Å². The van der Waals surface area contributed by atoms with Gasteiger partial charge in [-0.15, -0.1) is 0 Å². The van der Waals surface area contributed by atoms with Gasteiger partial charge in [0.1, 0.15) is 0 Å². The summed E-state index contributed by atoms with van der Waals surface area (Å²) < 4.78 is 1.89. The molecule has 1 aliphatic rings. The zero-order chi connectivity index (χ0) is 17.4. The van der Waals surface area contributed by atoms with Crippen LogP contribution in [0.25, 0.3) is 5.69 Å². The van der Waals surface area contributed by atoms with Crippen LogP contribution < -0.4 is 0 Å². The summed E-state index contributed by atoms with van der Waals surface area (Å²) in [6.45, 7) is 0. The Bertz CT molecular complexity index is 940. The molecule has 0 spiro atoms. The average molecular weight is 332 g/mol. The van der Waals surface area contributed by atoms with E-state index in [-0.39, 0.29) is 16.7 Å². The fourth-order valence-corrected chi connectivity index (χ4v) is 2.66. The fraction of sp³-hybridized carbons (Fsp3) is 0. The van der Waals surface area contributed by atoms with Gasteiger partial charge in [0, 0.05) is 18.1 Å². The molecule has 0 unspecified atom stereocenters. The second-order valence-corrected chi connectivity index (χ2v) is 5.47. The smallest absolute Gasteiger partial charge is 0.324 e. The zero-order valence-corrected chi connectivity index (χ0v) is 13.0. The minimum atomic E-state index is -0.770. The van der Waals surface area contributed by atoms with E-state index in [0.29, 0.717) is 5.06 Å². The lowest BCUT2D eigenvalue weighted by atomic mass is 10.1. The van der Waals surface area contributed by atoms with Crippen molar-refractivity contribution < 1.29 is 19.2 Å². The molecule has 4 rings (SSSR count). The van der Waals surface area contributed by atoms with Gasteiger partial charge in [-0.25, -0.2) is 4.79 Å². The Kier molecular flexibility index (Phi) is 3.43. The highest BCUT2D eigenvalue weighted by Crippen LogP contribution is 2.23. The Morgan fingerprint density at radius 1 is 0.760 bits per heavy atom. The molecule has 0 atom stereocenters. The maximum atomic E-state index is 12.3. The monoisotopic (exact) mass is 332 g/mol. The largest absolute Gasteiger partial charge is 0.363 e. The first kappa shape index (κ1) is 14.9. The Hall–Kier alpha value is -3.67. The van der Waals surface area contributed by atoms with Crippen molar-refractivity contribution in [3.05, 3.63) is 89.7 Å². The van der Waals surface area contributed by atoms with Gasteiger partial charge in [0.2, 0.25) is 0 Å². The van der Waals surface area contributed by atoms with E-state index >= 15 is 0 Å². The second kappa shape index (κ2) is 5.76. The lowest BCUT2D eigenvalue weighted by molar-refractivity contribution is -0.0584. The van der Waals surface area contributed by atoms with Crippen molar-refractivity contribution in [3.8, 4) is 5.69 Å². The normalized spacial score (nSPS) is 13.0. The van der Waals surface area contributed by atoms with Crippen LogP contribution in [0, 0.1) is 0 Å². The summed E-state index contributed by atoms with van der Waals surface area (Å²) in [7, 11) is 0. The van der Waals surface area contributed by atoms with Crippen LogP contribution in [0.3, 0.4) is 0 Å². The van der Waals surface area contributed by atoms with Gasteiger partial charge in [0.05, 0.1) is 16.7 Å². The molecule has 1 aromatic heterocycles. The van der Waals surface area contributed by atoms with Crippen LogP contribution in [0.4, 0.5) is 0 Å². The first-order chi connectivity index (χ1) is 12.1. The van der Waals surface area contributed by atoms with Crippen LogP contribution in [-0.4, -0.2) is 27.4 Å². The van der Waals surface area contributed by atoms with Gasteiger partial charge in [0.25, 0.3) is 11.8 Å². The summed E-state index contributed by atoms with van der Waals surface area (Å²) in [4.78, 5) is 41.7. The highest BCUT2D eigenvalue weighted by atomic mass is 16.7. The SMILES string of the molecule is O=C(ON1C(=O)c2ccccc2C1=O)c1ccc(-n2cccc2)cc1. The van der Waals surface area contributed by atoms with Crippen LogP contribution in [-0.2, 0) is 4.84 Å². The quantitative estimate of drug-likeness (QED) is 0.692. The maximum Gasteiger partial charge on any atom is 0.363 e. The average Bonchev–Trinajstić information content (AvgIpc) is 3.26. The number of rotatable bonds is 3. The molecule has 0 saturated carbocycles. The molecule has 0 saturated heterocycles. The van der Waals surface area contributed by atoms with E-state index in [9.17, 15) is 14.4 Å². The lowest BCUT2D eigenvalue weighted by Gasteiger charge is -2.13. The number of benzene rings is 2. The standard InChI is InChI=1S/C19H12N2O4/c22-17-15-5-1-2-6-16(15)18(23)21(17)25-19(24)13-7-9-14(10-8-13)20-11-3-4-12-20/h1-12H. The summed E-state index contributed by atoms with van der Waals surface area (Å²) in [5, 5.41) is 0.507. The van der Waals surface area contributed by atoms with Crippen molar-refractivity contribution in [2.24, 2.45) is 0 Å². The number of hydrogen-bond donors (Lipinski definition) is 0. The molecule has 6 nitrogen and oxygen atoms in total. The molecule has 0 aliphatic carbocycles. The number of hydrogen-bond acceptors (Lipinski definition) is 4. The fourth-order valence-electron chi connectivity index (χ4n) is 2.66. The second-order valence-electron chi connectivity index (χ2n) is 5.47. The van der Waals surface area contributed by atoms with Crippen molar-refractivity contribution in [3.63, 3.8) is 0 Å². The van der Waals surface area contributed by atoms with E-state index < -0.39 is 17.8 Å². The Morgan fingerprint density at radius 3 is 1.88 bits per heavy atom. The van der Waals surface area contributed by atoms with Crippen molar-refractivity contribution in [1.82, 2.24) is 9.63 Å². The van der Waals surface area contributed by atoms with Gasteiger partial charge in [0.15, 0.2) is 0 Å². The maximum absolute atomic E-state index is 12.3. The topological polar surface area (TPSA) is 68.6 Å². The highest BCUT2D eigenvalue weighted by Gasteiger charge is 2.38. The van der Waals surface area contributed by atoms with Gasteiger partial charge in [-0.05, 0) is 48.5 Å². The predicted molar refractivity (Wildman–Crippen MR) is 88.1 cm³/mol. The van der Waals surface area contributed by atoms with Crippen molar-refractivity contribution in [2.45, 2.75) is 0 Å². The first-order valence-electron chi connectivity index (χ1n) is 7.59. The van der Waals surface area contributed by atoms with Crippen molar-refractivity contribution >= 4 is 17.8 Å². The summed E-state index contributed by atoms with van der Waals surface area (Å²) >= 11 is 0. The number of fused-ring (bicyclic) bond motifs is 1. The van der Waals surface area contributed by atoms with Crippen LogP contribution in [0.1, 0.15) is 31.1 Å².